The van der Waals surface area contributed by atoms with Crippen LogP contribution in [-0.4, -0.2) is 13.0 Å². The first kappa shape index (κ1) is 14.2. The second kappa shape index (κ2) is 4.38. The monoisotopic (exact) mass is 261 g/mol. The first-order chi connectivity index (χ1) is 6.21. The Labute approximate surface area is 90.1 Å². The minimum Gasteiger partial charge on any atom is -1.00 e. The van der Waals surface area contributed by atoms with Gasteiger partial charge < -0.3 is 12.4 Å². The third kappa shape index (κ3) is 3.69. The second-order valence-electron chi connectivity index (χ2n) is 2.50. The van der Waals surface area contributed by atoms with Gasteiger partial charge in [0.25, 0.3) is 10.1 Å². The summed E-state index contributed by atoms with van der Waals surface area (Å²) in [6.07, 6.45) is -4.62. The lowest BCUT2D eigenvalue weighted by Gasteiger charge is -2.06. The molecule has 15 heavy (non-hydrogen) atoms. The largest absolute Gasteiger partial charge is 1.00 e. The Morgan fingerprint density at radius 1 is 1.20 bits per heavy atom. The number of rotatable bonds is 1. The maximum Gasteiger partial charge on any atom is 0.416 e. The molecule has 3 nitrogen and oxygen atoms in total. The summed E-state index contributed by atoms with van der Waals surface area (Å²) in [5.41, 5.74) is -1.12. The van der Waals surface area contributed by atoms with E-state index in [1.54, 1.807) is 0 Å². The molecule has 0 aliphatic rings. The Bertz CT molecular complexity index is 441. The molecular weight excluding hydrogens is 257 g/mol. The highest BCUT2D eigenvalue weighted by Gasteiger charge is 2.31. The van der Waals surface area contributed by atoms with Crippen molar-refractivity contribution in [1.29, 1.82) is 0 Å². The average Bonchev–Trinajstić information content (AvgIpc) is 2.01. The van der Waals surface area contributed by atoms with Crippen LogP contribution in [-0.2, 0) is 16.3 Å². The smallest absolute Gasteiger partial charge is 0.416 e. The predicted molar refractivity (Wildman–Crippen MR) is 41.3 cm³/mol. The van der Waals surface area contributed by atoms with Crippen LogP contribution in [0.1, 0.15) is 5.56 Å². The molecule has 1 N–H and O–H groups in total. The van der Waals surface area contributed by atoms with Crippen molar-refractivity contribution in [1.82, 2.24) is 0 Å². The molecule has 1 aromatic carbocycles. The summed E-state index contributed by atoms with van der Waals surface area (Å²) in [7, 11) is -4.59. The third-order valence-corrected chi connectivity index (χ3v) is 2.31. The third-order valence-electron chi connectivity index (χ3n) is 1.46. The van der Waals surface area contributed by atoms with Crippen LogP contribution in [0, 0.1) is 0 Å². The Morgan fingerprint density at radius 2 is 1.73 bits per heavy atom. The first-order valence-electron chi connectivity index (χ1n) is 3.36. The molecule has 1 rings (SSSR count). The van der Waals surface area contributed by atoms with Gasteiger partial charge in [0, 0.05) is 0 Å². The summed E-state index contributed by atoms with van der Waals surface area (Å²) in [5, 5.41) is 0. The van der Waals surface area contributed by atoms with Gasteiger partial charge in [0.2, 0.25) is 0 Å². The van der Waals surface area contributed by atoms with E-state index in [1.165, 1.54) is 0 Å². The molecule has 0 radical (unpaired) electrons. The molecule has 0 atom stereocenters. The summed E-state index contributed by atoms with van der Waals surface area (Å²) < 4.78 is 65.7. The zero-order chi connectivity index (χ0) is 11.0. The molecule has 0 saturated carbocycles. The number of benzene rings is 1. The Kier molecular flexibility index (Phi) is 4.15. The lowest BCUT2D eigenvalue weighted by molar-refractivity contribution is -0.137. The van der Waals surface area contributed by atoms with Crippen molar-refractivity contribution in [2.45, 2.75) is 11.1 Å². The fourth-order valence-electron chi connectivity index (χ4n) is 0.833. The van der Waals surface area contributed by atoms with E-state index >= 15 is 0 Å². The molecule has 0 aromatic heterocycles. The Hall–Kier alpha value is -0.790. The van der Waals surface area contributed by atoms with Gasteiger partial charge in [-0.3, -0.25) is 4.55 Å². The van der Waals surface area contributed by atoms with Crippen LogP contribution in [0.25, 0.3) is 0 Å². The van der Waals surface area contributed by atoms with Gasteiger partial charge in [-0.05, 0) is 18.2 Å². The summed E-state index contributed by atoms with van der Waals surface area (Å²) in [6, 6.07) is 2.88. The summed E-state index contributed by atoms with van der Waals surface area (Å²) >= 11 is 0. The predicted octanol–water partition coefficient (Wildman–Crippen LogP) is -1.04. The molecule has 0 amide bonds. The molecule has 8 heteroatoms. The molecule has 0 spiro atoms. The highest BCUT2D eigenvalue weighted by Crippen LogP contribution is 2.30. The minimum absolute atomic E-state index is 0. The van der Waals surface area contributed by atoms with Gasteiger partial charge in [-0.1, -0.05) is 6.07 Å². The normalized spacial score (nSPS) is 12.0. The Balaban J connectivity index is 0.00000196. The van der Waals surface area contributed by atoms with E-state index in [0.717, 1.165) is 12.1 Å². The van der Waals surface area contributed by atoms with E-state index in [-0.39, 0.29) is 12.4 Å². The van der Waals surface area contributed by atoms with Crippen molar-refractivity contribution in [3.63, 3.8) is 0 Å². The second-order valence-corrected chi connectivity index (χ2v) is 3.92. The molecule has 0 heterocycles. The van der Waals surface area contributed by atoms with Crippen LogP contribution in [0.3, 0.4) is 0 Å². The van der Waals surface area contributed by atoms with E-state index in [2.05, 4.69) is 0 Å². The quantitative estimate of drug-likeness (QED) is 0.657. The molecular formula is C7H5ClF3O3S-. The number of hydrogen-bond donors (Lipinski definition) is 1. The summed E-state index contributed by atoms with van der Waals surface area (Å²) in [4.78, 5) is -0.771. The molecule has 0 aliphatic heterocycles. The van der Waals surface area contributed by atoms with Crippen LogP contribution in [0.5, 0.6) is 0 Å². The van der Waals surface area contributed by atoms with Crippen molar-refractivity contribution in [2.75, 3.05) is 0 Å². The van der Waals surface area contributed by atoms with E-state index in [9.17, 15) is 21.6 Å². The SMILES string of the molecule is O=S(=O)(O)c1cccc(C(F)(F)F)c1.[Cl-]. The fraction of sp³-hybridized carbons (Fsp3) is 0.143. The van der Waals surface area contributed by atoms with Gasteiger partial charge in [-0.25, -0.2) is 0 Å². The number of hydrogen-bond acceptors (Lipinski definition) is 2. The van der Waals surface area contributed by atoms with Crippen LogP contribution < -0.4 is 12.4 Å². The number of alkyl halides is 3. The van der Waals surface area contributed by atoms with E-state index in [1.807, 2.05) is 0 Å². The summed E-state index contributed by atoms with van der Waals surface area (Å²) in [6.45, 7) is 0. The maximum absolute atomic E-state index is 12.1. The van der Waals surface area contributed by atoms with Gasteiger partial charge in [0.1, 0.15) is 0 Å². The first-order valence-corrected chi connectivity index (χ1v) is 4.80. The summed E-state index contributed by atoms with van der Waals surface area (Å²) in [5.74, 6) is 0. The van der Waals surface area contributed by atoms with Crippen LogP contribution in [0.4, 0.5) is 13.2 Å². The highest BCUT2D eigenvalue weighted by atomic mass is 35.5. The highest BCUT2D eigenvalue weighted by molar-refractivity contribution is 7.85. The van der Waals surface area contributed by atoms with Gasteiger partial charge in [0.15, 0.2) is 0 Å². The van der Waals surface area contributed by atoms with Crippen molar-refractivity contribution >= 4 is 10.1 Å². The van der Waals surface area contributed by atoms with E-state index < -0.39 is 26.8 Å². The molecule has 0 bridgehead atoms. The molecule has 0 unspecified atom stereocenters. The van der Waals surface area contributed by atoms with Crippen LogP contribution in [0.2, 0.25) is 0 Å². The van der Waals surface area contributed by atoms with Gasteiger partial charge in [0.05, 0.1) is 10.5 Å². The van der Waals surface area contributed by atoms with Gasteiger partial charge in [-0.2, -0.15) is 21.6 Å². The van der Waals surface area contributed by atoms with Crippen molar-refractivity contribution in [2.24, 2.45) is 0 Å². The van der Waals surface area contributed by atoms with Crippen LogP contribution in [0.15, 0.2) is 29.2 Å². The van der Waals surface area contributed by atoms with Crippen molar-refractivity contribution < 1.29 is 38.5 Å². The molecule has 0 saturated heterocycles. The van der Waals surface area contributed by atoms with E-state index in [4.69, 9.17) is 4.55 Å². The Morgan fingerprint density at radius 3 is 2.13 bits per heavy atom. The zero-order valence-corrected chi connectivity index (χ0v) is 8.57. The molecule has 1 aromatic rings. The van der Waals surface area contributed by atoms with E-state index in [0.29, 0.717) is 12.1 Å². The molecule has 0 aliphatic carbocycles. The standard InChI is InChI=1S/C7H5F3O3S.ClH/c8-7(9,10)5-2-1-3-6(4-5)14(11,12)13;/h1-4H,(H,11,12,13);1H/p-1. The maximum atomic E-state index is 12.1. The molecule has 86 valence electrons. The average molecular weight is 262 g/mol. The fourth-order valence-corrected chi connectivity index (χ4v) is 1.36. The minimum atomic E-state index is -4.62. The lowest BCUT2D eigenvalue weighted by Crippen LogP contribution is -3.00. The van der Waals surface area contributed by atoms with Gasteiger partial charge >= 0.3 is 6.18 Å². The molecule has 0 fully saturated rings. The van der Waals surface area contributed by atoms with Gasteiger partial charge in [-0.15, -0.1) is 0 Å². The topological polar surface area (TPSA) is 54.4 Å². The van der Waals surface area contributed by atoms with Crippen molar-refractivity contribution in [3.8, 4) is 0 Å². The van der Waals surface area contributed by atoms with Crippen LogP contribution >= 0.6 is 0 Å². The lowest BCUT2D eigenvalue weighted by atomic mass is 10.2. The zero-order valence-electron chi connectivity index (χ0n) is 6.99. The van der Waals surface area contributed by atoms with Crippen molar-refractivity contribution in [3.05, 3.63) is 29.8 Å². The number of halogens is 4.